The Hall–Kier alpha value is -0.510. The van der Waals surface area contributed by atoms with Gasteiger partial charge in [-0.2, -0.15) is 12.6 Å². The molecule has 0 amide bonds. The summed E-state index contributed by atoms with van der Waals surface area (Å²) in [6, 6.07) is 15.2. The Labute approximate surface area is 115 Å². The molecule has 1 atom stereocenters. The van der Waals surface area contributed by atoms with Crippen molar-refractivity contribution >= 4 is 46.9 Å². The molecule has 1 aliphatic rings. The molecule has 2 aromatic rings. The van der Waals surface area contributed by atoms with E-state index in [0.717, 1.165) is 5.75 Å². The van der Waals surface area contributed by atoms with Crippen LogP contribution in [0.1, 0.15) is 10.1 Å². The largest absolute Gasteiger partial charge is 0.174 e. The second kappa shape index (κ2) is 5.01. The van der Waals surface area contributed by atoms with E-state index in [1.807, 2.05) is 23.5 Å². The lowest BCUT2D eigenvalue weighted by Crippen LogP contribution is -1.87. The van der Waals surface area contributed by atoms with Crippen LogP contribution in [-0.2, 0) is 0 Å². The Morgan fingerprint density at radius 2 is 1.88 bits per heavy atom. The third-order valence-electron chi connectivity index (χ3n) is 2.81. The standard InChI is InChI=1S/C14H12S3/c15-8-11-9-16-14(17-11)13-7-3-5-10-4-1-2-6-12(10)13/h1-7,9,14-15H,8H2. The van der Waals surface area contributed by atoms with E-state index >= 15 is 0 Å². The minimum absolute atomic E-state index is 0.489. The number of thioether (sulfide) groups is 2. The SMILES string of the molecule is SCC1=CSC(c2cccc3ccccc23)S1. The molecule has 0 nitrogen and oxygen atoms in total. The summed E-state index contributed by atoms with van der Waals surface area (Å²) < 4.78 is 0.489. The summed E-state index contributed by atoms with van der Waals surface area (Å²) in [5, 5.41) is 4.93. The molecule has 3 heteroatoms. The minimum Gasteiger partial charge on any atom is -0.174 e. The van der Waals surface area contributed by atoms with Crippen LogP contribution in [0.4, 0.5) is 0 Å². The first kappa shape index (κ1) is 11.6. The summed E-state index contributed by atoms with van der Waals surface area (Å²) in [5.41, 5.74) is 1.42. The average molecular weight is 276 g/mol. The Morgan fingerprint density at radius 1 is 1.06 bits per heavy atom. The van der Waals surface area contributed by atoms with Gasteiger partial charge in [0.15, 0.2) is 0 Å². The first-order valence-corrected chi connectivity index (χ1v) is 7.93. The Kier molecular flexibility index (Phi) is 3.41. The second-order valence-electron chi connectivity index (χ2n) is 3.90. The molecule has 0 saturated carbocycles. The Balaban J connectivity index is 2.02. The van der Waals surface area contributed by atoms with Gasteiger partial charge < -0.3 is 0 Å². The normalized spacial score (nSPS) is 19.6. The van der Waals surface area contributed by atoms with Crippen molar-refractivity contribution in [2.75, 3.05) is 5.75 Å². The average Bonchev–Trinajstić information content (AvgIpc) is 2.87. The summed E-state index contributed by atoms with van der Waals surface area (Å²) in [4.78, 5) is 1.37. The Bertz CT molecular complexity index is 569. The van der Waals surface area contributed by atoms with E-state index in [-0.39, 0.29) is 0 Å². The molecule has 0 N–H and O–H groups in total. The quantitative estimate of drug-likeness (QED) is 0.759. The maximum atomic E-state index is 4.34. The lowest BCUT2D eigenvalue weighted by Gasteiger charge is -2.12. The zero-order valence-electron chi connectivity index (χ0n) is 9.17. The molecule has 0 saturated heterocycles. The molecule has 86 valence electrons. The Morgan fingerprint density at radius 3 is 2.71 bits per heavy atom. The second-order valence-corrected chi connectivity index (χ2v) is 6.72. The van der Waals surface area contributed by atoms with Gasteiger partial charge in [0.25, 0.3) is 0 Å². The first-order chi connectivity index (χ1) is 8.38. The highest BCUT2D eigenvalue weighted by Gasteiger charge is 2.21. The molecular weight excluding hydrogens is 264 g/mol. The van der Waals surface area contributed by atoms with Gasteiger partial charge in [-0.3, -0.25) is 0 Å². The van der Waals surface area contributed by atoms with Crippen LogP contribution >= 0.6 is 36.2 Å². The van der Waals surface area contributed by atoms with Crippen LogP contribution < -0.4 is 0 Å². The van der Waals surface area contributed by atoms with Crippen molar-refractivity contribution in [3.05, 3.63) is 58.3 Å². The summed E-state index contributed by atoms with van der Waals surface area (Å²) in [7, 11) is 0. The minimum atomic E-state index is 0.489. The fourth-order valence-electron chi connectivity index (χ4n) is 2.00. The monoisotopic (exact) mass is 276 g/mol. The van der Waals surface area contributed by atoms with Gasteiger partial charge in [-0.15, -0.1) is 23.5 Å². The van der Waals surface area contributed by atoms with Crippen LogP contribution in [0.15, 0.2) is 52.8 Å². The van der Waals surface area contributed by atoms with E-state index < -0.39 is 0 Å². The van der Waals surface area contributed by atoms with Gasteiger partial charge in [0, 0.05) is 10.7 Å². The molecule has 17 heavy (non-hydrogen) atoms. The predicted octanol–water partition coefficient (Wildman–Crippen LogP) is 5.09. The number of benzene rings is 2. The number of rotatable bonds is 2. The van der Waals surface area contributed by atoms with Crippen molar-refractivity contribution in [2.45, 2.75) is 4.58 Å². The van der Waals surface area contributed by atoms with Gasteiger partial charge in [0.1, 0.15) is 0 Å². The topological polar surface area (TPSA) is 0 Å². The fourth-order valence-corrected chi connectivity index (χ4v) is 4.98. The van der Waals surface area contributed by atoms with Crippen molar-refractivity contribution in [2.24, 2.45) is 0 Å². The van der Waals surface area contributed by atoms with Crippen LogP contribution in [-0.4, -0.2) is 5.75 Å². The molecule has 0 aliphatic carbocycles. The summed E-state index contributed by atoms with van der Waals surface area (Å²) >= 11 is 8.16. The lowest BCUT2D eigenvalue weighted by atomic mass is 10.1. The van der Waals surface area contributed by atoms with E-state index in [4.69, 9.17) is 0 Å². The van der Waals surface area contributed by atoms with Crippen LogP contribution in [0, 0.1) is 0 Å². The maximum absolute atomic E-state index is 4.34. The van der Waals surface area contributed by atoms with E-state index in [9.17, 15) is 0 Å². The zero-order valence-corrected chi connectivity index (χ0v) is 11.7. The van der Waals surface area contributed by atoms with Crippen LogP contribution in [0.2, 0.25) is 0 Å². The van der Waals surface area contributed by atoms with Gasteiger partial charge in [-0.05, 0) is 21.7 Å². The molecule has 0 aromatic heterocycles. The third-order valence-corrected chi connectivity index (χ3v) is 6.10. The molecule has 0 radical (unpaired) electrons. The molecule has 1 heterocycles. The molecule has 1 unspecified atom stereocenters. The fraction of sp³-hybridized carbons (Fsp3) is 0.143. The van der Waals surface area contributed by atoms with E-state index in [0.29, 0.717) is 4.58 Å². The molecule has 0 bridgehead atoms. The highest BCUT2D eigenvalue weighted by molar-refractivity contribution is 8.22. The summed E-state index contributed by atoms with van der Waals surface area (Å²) in [6.45, 7) is 0. The molecule has 2 aromatic carbocycles. The number of thiol groups is 1. The number of hydrogen-bond acceptors (Lipinski definition) is 3. The molecular formula is C14H12S3. The van der Waals surface area contributed by atoms with Gasteiger partial charge in [0.2, 0.25) is 0 Å². The smallest absolute Gasteiger partial charge is 0.0843 e. The zero-order chi connectivity index (χ0) is 11.7. The van der Waals surface area contributed by atoms with Crippen molar-refractivity contribution in [1.82, 2.24) is 0 Å². The lowest BCUT2D eigenvalue weighted by molar-refractivity contribution is 1.44. The number of hydrogen-bond donors (Lipinski definition) is 1. The molecule has 0 spiro atoms. The van der Waals surface area contributed by atoms with E-state index in [1.54, 1.807) is 0 Å². The van der Waals surface area contributed by atoms with Gasteiger partial charge in [-0.25, -0.2) is 0 Å². The van der Waals surface area contributed by atoms with Crippen molar-refractivity contribution in [3.8, 4) is 0 Å². The van der Waals surface area contributed by atoms with Gasteiger partial charge >= 0.3 is 0 Å². The van der Waals surface area contributed by atoms with Crippen molar-refractivity contribution < 1.29 is 0 Å². The van der Waals surface area contributed by atoms with Gasteiger partial charge in [0.05, 0.1) is 4.58 Å². The summed E-state index contributed by atoms with van der Waals surface area (Å²) in [6.07, 6.45) is 0. The maximum Gasteiger partial charge on any atom is 0.0843 e. The number of fused-ring (bicyclic) bond motifs is 1. The van der Waals surface area contributed by atoms with E-state index in [1.165, 1.54) is 21.2 Å². The molecule has 0 fully saturated rings. The van der Waals surface area contributed by atoms with Crippen molar-refractivity contribution in [1.29, 1.82) is 0 Å². The molecule has 3 rings (SSSR count). The highest BCUT2D eigenvalue weighted by atomic mass is 32.2. The van der Waals surface area contributed by atoms with Crippen molar-refractivity contribution in [3.63, 3.8) is 0 Å². The van der Waals surface area contributed by atoms with Crippen LogP contribution in [0.3, 0.4) is 0 Å². The summed E-state index contributed by atoms with van der Waals surface area (Å²) in [5.74, 6) is 0.846. The van der Waals surface area contributed by atoms with Crippen LogP contribution in [0.25, 0.3) is 10.8 Å². The molecule has 1 aliphatic heterocycles. The first-order valence-electron chi connectivity index (χ1n) is 5.48. The predicted molar refractivity (Wildman–Crippen MR) is 83.8 cm³/mol. The van der Waals surface area contributed by atoms with Gasteiger partial charge in [-0.1, -0.05) is 42.5 Å². The third kappa shape index (κ3) is 2.24. The highest BCUT2D eigenvalue weighted by Crippen LogP contribution is 2.52. The van der Waals surface area contributed by atoms with E-state index in [2.05, 4.69) is 60.5 Å². The van der Waals surface area contributed by atoms with Crippen LogP contribution in [0.5, 0.6) is 0 Å².